The Morgan fingerprint density at radius 2 is 1.63 bits per heavy atom. The Labute approximate surface area is 116 Å². The highest BCUT2D eigenvalue weighted by molar-refractivity contribution is 5.88. The number of hydrogen-bond donors (Lipinski definition) is 0. The number of ether oxygens (including phenoxy) is 1. The molecule has 0 saturated heterocycles. The molecule has 106 valence electrons. The molecule has 0 aromatic carbocycles. The lowest BCUT2D eigenvalue weighted by Gasteiger charge is -2.60. The number of carbonyl (C=O) groups is 1. The average Bonchev–Trinajstić information content (AvgIpc) is 2.41. The van der Waals surface area contributed by atoms with Gasteiger partial charge in [-0.3, -0.25) is 0 Å². The van der Waals surface area contributed by atoms with Crippen LogP contribution in [0.15, 0.2) is 12.2 Å². The van der Waals surface area contributed by atoms with Gasteiger partial charge in [-0.25, -0.2) is 4.79 Å². The van der Waals surface area contributed by atoms with Crippen LogP contribution in [0.3, 0.4) is 0 Å². The Morgan fingerprint density at radius 1 is 1.11 bits per heavy atom. The first-order valence-corrected chi connectivity index (χ1v) is 8.00. The SMILES string of the molecule is C=C(CC)C(=O)OC1(CC)C2CC3CC(C2)CC1C3. The highest BCUT2D eigenvalue weighted by Gasteiger charge is 2.58. The van der Waals surface area contributed by atoms with Gasteiger partial charge in [-0.1, -0.05) is 20.4 Å². The van der Waals surface area contributed by atoms with Gasteiger partial charge in [0.15, 0.2) is 0 Å². The van der Waals surface area contributed by atoms with Gasteiger partial charge in [0, 0.05) is 5.57 Å². The van der Waals surface area contributed by atoms with Gasteiger partial charge in [-0.05, 0) is 68.6 Å². The Bertz CT molecular complexity index is 368. The first-order valence-electron chi connectivity index (χ1n) is 8.00. The predicted molar refractivity (Wildman–Crippen MR) is 75.6 cm³/mol. The van der Waals surface area contributed by atoms with Crippen LogP contribution in [0.5, 0.6) is 0 Å². The maximum absolute atomic E-state index is 12.2. The summed E-state index contributed by atoms with van der Waals surface area (Å²) in [6, 6.07) is 0. The van der Waals surface area contributed by atoms with Crippen LogP contribution in [0.1, 0.15) is 58.8 Å². The zero-order chi connectivity index (χ0) is 13.6. The van der Waals surface area contributed by atoms with E-state index >= 15 is 0 Å². The molecule has 0 aromatic rings. The Morgan fingerprint density at radius 3 is 2.05 bits per heavy atom. The molecule has 19 heavy (non-hydrogen) atoms. The van der Waals surface area contributed by atoms with Crippen LogP contribution >= 0.6 is 0 Å². The zero-order valence-corrected chi connectivity index (χ0v) is 12.3. The van der Waals surface area contributed by atoms with Gasteiger partial charge >= 0.3 is 5.97 Å². The quantitative estimate of drug-likeness (QED) is 0.563. The summed E-state index contributed by atoms with van der Waals surface area (Å²) in [6.07, 6.45) is 8.24. The summed E-state index contributed by atoms with van der Waals surface area (Å²) < 4.78 is 6.08. The van der Waals surface area contributed by atoms with E-state index in [2.05, 4.69) is 13.5 Å². The fourth-order valence-corrected chi connectivity index (χ4v) is 5.19. The van der Waals surface area contributed by atoms with Crippen LogP contribution in [-0.4, -0.2) is 11.6 Å². The van der Waals surface area contributed by atoms with Crippen molar-refractivity contribution in [1.82, 2.24) is 0 Å². The number of esters is 1. The highest BCUT2D eigenvalue weighted by atomic mass is 16.6. The number of carbonyl (C=O) groups excluding carboxylic acids is 1. The van der Waals surface area contributed by atoms with E-state index in [0.717, 1.165) is 18.3 Å². The molecule has 0 N–H and O–H groups in total. The Hall–Kier alpha value is -0.790. The van der Waals surface area contributed by atoms with Crippen LogP contribution in [0, 0.1) is 23.7 Å². The second-order valence-corrected chi connectivity index (χ2v) is 6.96. The van der Waals surface area contributed by atoms with Crippen molar-refractivity contribution < 1.29 is 9.53 Å². The van der Waals surface area contributed by atoms with Crippen molar-refractivity contribution in [3.8, 4) is 0 Å². The molecule has 0 amide bonds. The first-order chi connectivity index (χ1) is 9.09. The van der Waals surface area contributed by atoms with Gasteiger partial charge in [0.1, 0.15) is 5.60 Å². The van der Waals surface area contributed by atoms with Crippen molar-refractivity contribution in [1.29, 1.82) is 0 Å². The fourth-order valence-electron chi connectivity index (χ4n) is 5.19. The van der Waals surface area contributed by atoms with E-state index in [0.29, 0.717) is 23.8 Å². The smallest absolute Gasteiger partial charge is 0.333 e. The molecule has 4 aliphatic rings. The topological polar surface area (TPSA) is 26.3 Å². The van der Waals surface area contributed by atoms with Crippen LogP contribution in [0.2, 0.25) is 0 Å². The summed E-state index contributed by atoms with van der Waals surface area (Å²) in [5.41, 5.74) is 0.462. The van der Waals surface area contributed by atoms with Crippen molar-refractivity contribution in [3.63, 3.8) is 0 Å². The van der Waals surface area contributed by atoms with E-state index in [-0.39, 0.29) is 11.6 Å². The van der Waals surface area contributed by atoms with Gasteiger partial charge in [-0.15, -0.1) is 0 Å². The van der Waals surface area contributed by atoms with Crippen molar-refractivity contribution in [2.45, 2.75) is 64.4 Å². The number of hydrogen-bond acceptors (Lipinski definition) is 2. The molecule has 0 spiro atoms. The zero-order valence-electron chi connectivity index (χ0n) is 12.3. The number of rotatable bonds is 4. The third-order valence-electron chi connectivity index (χ3n) is 6.07. The maximum Gasteiger partial charge on any atom is 0.333 e. The van der Waals surface area contributed by atoms with E-state index in [4.69, 9.17) is 4.74 Å². The van der Waals surface area contributed by atoms with E-state index in [9.17, 15) is 4.79 Å². The second kappa shape index (κ2) is 4.64. The van der Waals surface area contributed by atoms with Gasteiger partial charge in [0.2, 0.25) is 0 Å². The summed E-state index contributed by atoms with van der Waals surface area (Å²) in [4.78, 5) is 12.2. The molecule has 0 aromatic heterocycles. The fraction of sp³-hybridized carbons (Fsp3) is 0.824. The second-order valence-electron chi connectivity index (χ2n) is 6.96. The summed E-state index contributed by atoms with van der Waals surface area (Å²) in [5.74, 6) is 2.91. The lowest BCUT2D eigenvalue weighted by molar-refractivity contribution is -0.207. The van der Waals surface area contributed by atoms with E-state index in [1.807, 2.05) is 6.92 Å². The van der Waals surface area contributed by atoms with Gasteiger partial charge in [-0.2, -0.15) is 0 Å². The molecule has 2 heteroatoms. The lowest BCUT2D eigenvalue weighted by atomic mass is 9.49. The monoisotopic (exact) mass is 262 g/mol. The molecule has 4 aliphatic carbocycles. The normalized spacial score (nSPS) is 43.3. The maximum atomic E-state index is 12.2. The van der Waals surface area contributed by atoms with Gasteiger partial charge < -0.3 is 4.74 Å². The molecule has 0 unspecified atom stereocenters. The molecule has 2 nitrogen and oxygen atoms in total. The molecule has 4 bridgehead atoms. The van der Waals surface area contributed by atoms with E-state index in [1.165, 1.54) is 32.1 Å². The lowest BCUT2D eigenvalue weighted by Crippen LogP contribution is -2.59. The Balaban J connectivity index is 1.83. The molecule has 4 fully saturated rings. The summed E-state index contributed by atoms with van der Waals surface area (Å²) in [7, 11) is 0. The minimum atomic E-state index is -0.164. The predicted octanol–water partition coefficient (Wildman–Crippen LogP) is 4.10. The van der Waals surface area contributed by atoms with Crippen LogP contribution in [0.25, 0.3) is 0 Å². The van der Waals surface area contributed by atoms with E-state index < -0.39 is 0 Å². The van der Waals surface area contributed by atoms with Crippen LogP contribution in [0.4, 0.5) is 0 Å². The third kappa shape index (κ3) is 1.95. The first kappa shape index (κ1) is 13.2. The highest BCUT2D eigenvalue weighted by Crippen LogP contribution is 2.60. The molecule has 0 radical (unpaired) electrons. The van der Waals surface area contributed by atoms with Crippen molar-refractivity contribution in [2.75, 3.05) is 0 Å². The molecule has 0 aliphatic heterocycles. The van der Waals surface area contributed by atoms with Crippen LogP contribution in [-0.2, 0) is 9.53 Å². The molecule has 4 saturated carbocycles. The summed E-state index contributed by atoms with van der Waals surface area (Å²) in [6.45, 7) is 8.02. The third-order valence-corrected chi connectivity index (χ3v) is 6.07. The minimum Gasteiger partial charge on any atom is -0.455 e. The Kier molecular flexibility index (Phi) is 3.23. The summed E-state index contributed by atoms with van der Waals surface area (Å²) >= 11 is 0. The minimum absolute atomic E-state index is 0.142. The summed E-state index contributed by atoms with van der Waals surface area (Å²) in [5, 5.41) is 0. The standard InChI is InChI=1S/C17H26O2/c1-4-11(3)16(18)19-17(5-2)14-7-12-6-13(9-14)10-15(17)8-12/h12-15H,3-10H2,1-2H3. The van der Waals surface area contributed by atoms with Crippen molar-refractivity contribution >= 4 is 5.97 Å². The largest absolute Gasteiger partial charge is 0.455 e. The van der Waals surface area contributed by atoms with Gasteiger partial charge in [0.05, 0.1) is 0 Å². The van der Waals surface area contributed by atoms with Crippen molar-refractivity contribution in [2.24, 2.45) is 23.7 Å². The van der Waals surface area contributed by atoms with Crippen LogP contribution < -0.4 is 0 Å². The van der Waals surface area contributed by atoms with Crippen molar-refractivity contribution in [3.05, 3.63) is 12.2 Å². The average molecular weight is 262 g/mol. The molecule has 4 rings (SSSR count). The van der Waals surface area contributed by atoms with Gasteiger partial charge in [0.25, 0.3) is 0 Å². The van der Waals surface area contributed by atoms with E-state index in [1.54, 1.807) is 0 Å². The molecular weight excluding hydrogens is 236 g/mol. The molecule has 0 heterocycles. The molecular formula is C17H26O2. The molecule has 0 atom stereocenters.